The molecule has 2 aromatic rings. The molecule has 0 saturated carbocycles. The van der Waals surface area contributed by atoms with E-state index in [4.69, 9.17) is 6.42 Å². The number of amides is 1. The second-order valence-corrected chi connectivity index (χ2v) is 3.70. The van der Waals surface area contributed by atoms with Crippen molar-refractivity contribution in [3.05, 3.63) is 30.0 Å². The molecular weight excluding hydrogens is 214 g/mol. The van der Waals surface area contributed by atoms with Crippen LogP contribution in [0.25, 0.3) is 10.9 Å². The number of rotatable bonds is 3. The number of aryl methyl sites for hydroxylation is 1. The van der Waals surface area contributed by atoms with Crippen LogP contribution in [0.5, 0.6) is 0 Å². The van der Waals surface area contributed by atoms with Gasteiger partial charge in [-0.25, -0.2) is 0 Å². The Hall–Kier alpha value is -2.28. The van der Waals surface area contributed by atoms with Gasteiger partial charge in [0, 0.05) is 25.4 Å². The van der Waals surface area contributed by atoms with Gasteiger partial charge in [-0.1, -0.05) is 18.2 Å². The molecule has 0 spiro atoms. The van der Waals surface area contributed by atoms with Crippen molar-refractivity contribution in [2.75, 3.05) is 6.54 Å². The molecule has 0 bridgehead atoms. The zero-order valence-electron chi connectivity index (χ0n) is 9.60. The molecule has 17 heavy (non-hydrogen) atoms. The molecule has 0 aliphatic rings. The highest BCUT2D eigenvalue weighted by Crippen LogP contribution is 2.16. The van der Waals surface area contributed by atoms with Crippen molar-refractivity contribution in [2.45, 2.75) is 6.42 Å². The largest absolute Gasteiger partial charge is 0.350 e. The van der Waals surface area contributed by atoms with Crippen molar-refractivity contribution in [1.82, 2.24) is 15.1 Å². The molecule has 86 valence electrons. The van der Waals surface area contributed by atoms with E-state index in [1.165, 1.54) is 0 Å². The van der Waals surface area contributed by atoms with E-state index in [0.717, 1.165) is 10.9 Å². The van der Waals surface area contributed by atoms with Crippen LogP contribution < -0.4 is 5.32 Å². The number of terminal acetylenes is 1. The minimum atomic E-state index is -0.183. The van der Waals surface area contributed by atoms with Gasteiger partial charge in [0.2, 0.25) is 0 Å². The summed E-state index contributed by atoms with van der Waals surface area (Å²) in [6.07, 6.45) is 5.65. The highest BCUT2D eigenvalue weighted by molar-refractivity contribution is 6.04. The number of fused-ring (bicyclic) bond motifs is 1. The van der Waals surface area contributed by atoms with Crippen LogP contribution in [0.4, 0.5) is 0 Å². The van der Waals surface area contributed by atoms with Gasteiger partial charge in [0.05, 0.1) is 5.52 Å². The highest BCUT2D eigenvalue weighted by atomic mass is 16.1. The fraction of sp³-hybridized carbons (Fsp3) is 0.231. The summed E-state index contributed by atoms with van der Waals surface area (Å²) in [5, 5.41) is 7.82. The topological polar surface area (TPSA) is 46.9 Å². The van der Waals surface area contributed by atoms with Gasteiger partial charge in [0.15, 0.2) is 5.69 Å². The lowest BCUT2D eigenvalue weighted by molar-refractivity contribution is 0.0950. The maximum atomic E-state index is 11.9. The van der Waals surface area contributed by atoms with Crippen molar-refractivity contribution in [3.63, 3.8) is 0 Å². The molecule has 1 heterocycles. The average molecular weight is 227 g/mol. The fourth-order valence-corrected chi connectivity index (χ4v) is 1.71. The van der Waals surface area contributed by atoms with Gasteiger partial charge in [-0.05, 0) is 6.07 Å². The molecule has 1 aromatic carbocycles. The summed E-state index contributed by atoms with van der Waals surface area (Å²) >= 11 is 0. The molecule has 4 heteroatoms. The molecule has 4 nitrogen and oxygen atoms in total. The number of para-hydroxylation sites is 1. The first-order valence-electron chi connectivity index (χ1n) is 5.37. The molecule has 0 fully saturated rings. The predicted molar refractivity (Wildman–Crippen MR) is 66.5 cm³/mol. The Morgan fingerprint density at radius 3 is 3.06 bits per heavy atom. The van der Waals surface area contributed by atoms with Gasteiger partial charge < -0.3 is 5.32 Å². The lowest BCUT2D eigenvalue weighted by atomic mass is 10.2. The van der Waals surface area contributed by atoms with Crippen LogP contribution in [0.2, 0.25) is 0 Å². The van der Waals surface area contributed by atoms with Gasteiger partial charge >= 0.3 is 0 Å². The van der Waals surface area contributed by atoms with Crippen LogP contribution in [0.3, 0.4) is 0 Å². The molecule has 1 aromatic heterocycles. The van der Waals surface area contributed by atoms with Crippen molar-refractivity contribution >= 4 is 16.8 Å². The zero-order valence-corrected chi connectivity index (χ0v) is 9.60. The number of carbonyl (C=O) groups is 1. The van der Waals surface area contributed by atoms with Gasteiger partial charge in [-0.15, -0.1) is 12.3 Å². The fourth-order valence-electron chi connectivity index (χ4n) is 1.71. The van der Waals surface area contributed by atoms with Crippen LogP contribution in [0.1, 0.15) is 16.9 Å². The molecule has 1 amide bonds. The van der Waals surface area contributed by atoms with E-state index in [-0.39, 0.29) is 5.91 Å². The van der Waals surface area contributed by atoms with Gasteiger partial charge in [0.1, 0.15) is 0 Å². The summed E-state index contributed by atoms with van der Waals surface area (Å²) in [5.74, 6) is 2.29. The summed E-state index contributed by atoms with van der Waals surface area (Å²) in [7, 11) is 1.82. The number of benzene rings is 1. The van der Waals surface area contributed by atoms with Gasteiger partial charge in [-0.2, -0.15) is 5.10 Å². The summed E-state index contributed by atoms with van der Waals surface area (Å²) < 4.78 is 1.70. The average Bonchev–Trinajstić information content (AvgIpc) is 2.68. The molecule has 0 unspecified atom stereocenters. The first-order chi connectivity index (χ1) is 8.24. The normalized spacial score (nSPS) is 10.1. The second-order valence-electron chi connectivity index (χ2n) is 3.70. The van der Waals surface area contributed by atoms with Crippen LogP contribution in [0, 0.1) is 12.3 Å². The van der Waals surface area contributed by atoms with Gasteiger partial charge in [0.25, 0.3) is 5.91 Å². The molecule has 0 radical (unpaired) electrons. The smallest absolute Gasteiger partial charge is 0.272 e. The van der Waals surface area contributed by atoms with E-state index in [1.54, 1.807) is 4.68 Å². The standard InChI is InChI=1S/C13H13N3O/c1-3-4-9-14-13(17)12-10-7-5-6-8-11(10)16(2)15-12/h1,5-8H,4,9H2,2H3,(H,14,17). The lowest BCUT2D eigenvalue weighted by Gasteiger charge is -1.99. The molecule has 0 aliphatic heterocycles. The monoisotopic (exact) mass is 227 g/mol. The van der Waals surface area contributed by atoms with E-state index < -0.39 is 0 Å². The van der Waals surface area contributed by atoms with E-state index in [2.05, 4.69) is 16.3 Å². The summed E-state index contributed by atoms with van der Waals surface area (Å²) in [6, 6.07) is 7.63. The van der Waals surface area contributed by atoms with Crippen LogP contribution in [-0.4, -0.2) is 22.2 Å². The minimum Gasteiger partial charge on any atom is -0.350 e. The molecule has 0 aliphatic carbocycles. The third-order valence-electron chi connectivity index (χ3n) is 2.53. The number of hydrogen-bond acceptors (Lipinski definition) is 2. The van der Waals surface area contributed by atoms with E-state index in [9.17, 15) is 4.79 Å². The maximum absolute atomic E-state index is 11.9. The Bertz CT molecular complexity index is 592. The third-order valence-corrected chi connectivity index (χ3v) is 2.53. The van der Waals surface area contributed by atoms with Crippen LogP contribution in [0.15, 0.2) is 24.3 Å². The highest BCUT2D eigenvalue weighted by Gasteiger charge is 2.14. The Morgan fingerprint density at radius 1 is 1.53 bits per heavy atom. The summed E-state index contributed by atoms with van der Waals surface area (Å²) in [6.45, 7) is 0.472. The molecular formula is C13H13N3O. The van der Waals surface area contributed by atoms with Crippen LogP contribution >= 0.6 is 0 Å². The molecule has 2 rings (SSSR count). The third kappa shape index (κ3) is 2.13. The van der Waals surface area contributed by atoms with Crippen molar-refractivity contribution in [3.8, 4) is 12.3 Å². The van der Waals surface area contributed by atoms with Gasteiger partial charge in [-0.3, -0.25) is 9.48 Å². The summed E-state index contributed by atoms with van der Waals surface area (Å²) in [5.41, 5.74) is 1.38. The van der Waals surface area contributed by atoms with Crippen molar-refractivity contribution in [1.29, 1.82) is 0 Å². The predicted octanol–water partition coefficient (Wildman–Crippen LogP) is 1.33. The number of nitrogens with one attached hydrogen (secondary N) is 1. The Labute approximate surface area is 99.6 Å². The van der Waals surface area contributed by atoms with E-state index in [1.807, 2.05) is 31.3 Å². The first kappa shape index (κ1) is 11.2. The van der Waals surface area contributed by atoms with Crippen molar-refractivity contribution < 1.29 is 4.79 Å². The first-order valence-corrected chi connectivity index (χ1v) is 5.37. The van der Waals surface area contributed by atoms with E-state index in [0.29, 0.717) is 18.7 Å². The Kier molecular flexibility index (Phi) is 3.10. The number of nitrogens with zero attached hydrogens (tertiary/aromatic N) is 2. The second kappa shape index (κ2) is 4.71. The SMILES string of the molecule is C#CCCNC(=O)c1nn(C)c2ccccc12. The molecule has 1 N–H and O–H groups in total. The van der Waals surface area contributed by atoms with Crippen LogP contribution in [-0.2, 0) is 7.05 Å². The Morgan fingerprint density at radius 2 is 2.29 bits per heavy atom. The molecule has 0 atom stereocenters. The maximum Gasteiger partial charge on any atom is 0.272 e. The zero-order chi connectivity index (χ0) is 12.3. The number of aromatic nitrogens is 2. The Balaban J connectivity index is 2.30. The molecule has 0 saturated heterocycles. The quantitative estimate of drug-likeness (QED) is 0.635. The number of carbonyl (C=O) groups excluding carboxylic acids is 1. The lowest BCUT2D eigenvalue weighted by Crippen LogP contribution is -2.24. The summed E-state index contributed by atoms with van der Waals surface area (Å²) in [4.78, 5) is 11.9. The van der Waals surface area contributed by atoms with E-state index >= 15 is 0 Å². The minimum absolute atomic E-state index is 0.183. The number of hydrogen-bond donors (Lipinski definition) is 1. The van der Waals surface area contributed by atoms with Crippen molar-refractivity contribution in [2.24, 2.45) is 7.05 Å².